The summed E-state index contributed by atoms with van der Waals surface area (Å²) in [6.45, 7) is 4.04. The zero-order valence-electron chi connectivity index (χ0n) is 5.14. The Morgan fingerprint density at radius 2 is 2.50 bits per heavy atom. The van der Waals surface area contributed by atoms with Gasteiger partial charge < -0.3 is 0 Å². The van der Waals surface area contributed by atoms with Gasteiger partial charge in [-0.3, -0.25) is 4.79 Å². The van der Waals surface area contributed by atoms with Gasteiger partial charge in [0.15, 0.2) is 5.78 Å². The number of hydrogen-bond acceptors (Lipinski definition) is 2. The van der Waals surface area contributed by atoms with E-state index in [-0.39, 0.29) is 5.78 Å². The highest BCUT2D eigenvalue weighted by molar-refractivity contribution is 5.94. The van der Waals surface area contributed by atoms with E-state index in [4.69, 9.17) is 0 Å². The van der Waals surface area contributed by atoms with Crippen molar-refractivity contribution in [1.29, 1.82) is 0 Å². The first-order valence-electron chi connectivity index (χ1n) is 2.53. The number of allylic oxidation sites excluding steroid dienone is 1. The van der Waals surface area contributed by atoms with E-state index in [0.717, 1.165) is 0 Å². The van der Waals surface area contributed by atoms with Gasteiger partial charge in [-0.2, -0.15) is 0 Å². The SMILES string of the molecule is CCN=C=CC(C)=O. The lowest BCUT2D eigenvalue weighted by molar-refractivity contribution is -0.112. The van der Waals surface area contributed by atoms with E-state index < -0.39 is 0 Å². The first kappa shape index (κ1) is 7.12. The largest absolute Gasteiger partial charge is 0.294 e. The molecule has 0 aromatic heterocycles. The molecule has 0 atom stereocenters. The molecule has 0 radical (unpaired) electrons. The van der Waals surface area contributed by atoms with Crippen LogP contribution >= 0.6 is 0 Å². The number of carbonyl (C=O) groups excluding carboxylic acids is 1. The van der Waals surface area contributed by atoms with Gasteiger partial charge in [0.2, 0.25) is 0 Å². The number of nitrogens with zero attached hydrogens (tertiary/aromatic N) is 1. The maximum Gasteiger partial charge on any atom is 0.161 e. The molecule has 0 aliphatic rings. The standard InChI is InChI=1S/C6H9NO/c1-3-7-5-4-6(2)8/h4H,3H2,1-2H3. The van der Waals surface area contributed by atoms with Gasteiger partial charge in [0.05, 0.1) is 0 Å². The lowest BCUT2D eigenvalue weighted by Gasteiger charge is -1.69. The Labute approximate surface area is 48.9 Å². The molecule has 8 heavy (non-hydrogen) atoms. The summed E-state index contributed by atoms with van der Waals surface area (Å²) in [5.74, 6) is 2.47. The van der Waals surface area contributed by atoms with Crippen LogP contribution in [-0.2, 0) is 4.79 Å². The molecule has 0 saturated heterocycles. The summed E-state index contributed by atoms with van der Waals surface area (Å²) in [6.07, 6.45) is 1.32. The monoisotopic (exact) mass is 111 g/mol. The maximum atomic E-state index is 10.1. The summed E-state index contributed by atoms with van der Waals surface area (Å²) < 4.78 is 0. The fraction of sp³-hybridized carbons (Fsp3) is 0.500. The Bertz CT molecular complexity index is 131. The minimum absolute atomic E-state index is 0.0119. The third kappa shape index (κ3) is 5.12. The molecule has 44 valence electrons. The molecule has 0 aliphatic carbocycles. The Morgan fingerprint density at radius 1 is 1.88 bits per heavy atom. The third-order valence-corrected chi connectivity index (χ3v) is 0.517. The molecule has 0 aliphatic heterocycles. The normalized spacial score (nSPS) is 7.25. The summed E-state index contributed by atoms with van der Waals surface area (Å²) in [6, 6.07) is 0. The molecule has 0 aromatic carbocycles. The van der Waals surface area contributed by atoms with E-state index in [1.807, 2.05) is 6.92 Å². The fourth-order valence-corrected chi connectivity index (χ4v) is 0.228. The minimum atomic E-state index is -0.0119. The fourth-order valence-electron chi connectivity index (χ4n) is 0.228. The van der Waals surface area contributed by atoms with Crippen molar-refractivity contribution < 1.29 is 4.79 Å². The molecule has 0 bridgehead atoms. The van der Waals surface area contributed by atoms with Crippen LogP contribution in [0.25, 0.3) is 0 Å². The van der Waals surface area contributed by atoms with E-state index in [1.54, 1.807) is 0 Å². The molecule has 0 fully saturated rings. The molecule has 0 spiro atoms. The van der Waals surface area contributed by atoms with Crippen molar-refractivity contribution in [2.24, 2.45) is 4.99 Å². The van der Waals surface area contributed by atoms with E-state index in [2.05, 4.69) is 10.9 Å². The number of hydrogen-bond donors (Lipinski definition) is 0. The summed E-state index contributed by atoms with van der Waals surface area (Å²) in [5, 5.41) is 0. The van der Waals surface area contributed by atoms with Crippen molar-refractivity contribution in [2.45, 2.75) is 13.8 Å². The van der Waals surface area contributed by atoms with Crippen molar-refractivity contribution in [2.75, 3.05) is 6.54 Å². The van der Waals surface area contributed by atoms with Crippen LogP contribution in [0.2, 0.25) is 0 Å². The molecule has 0 saturated carbocycles. The van der Waals surface area contributed by atoms with E-state index in [9.17, 15) is 4.79 Å². The van der Waals surface area contributed by atoms with Crippen molar-refractivity contribution >= 4 is 11.7 Å². The van der Waals surface area contributed by atoms with E-state index in [1.165, 1.54) is 13.0 Å². The predicted octanol–water partition coefficient (Wildman–Crippen LogP) is 0.821. The first-order chi connectivity index (χ1) is 3.77. The number of ketones is 1. The van der Waals surface area contributed by atoms with Gasteiger partial charge in [0.1, 0.15) is 0 Å². The summed E-state index contributed by atoms with van der Waals surface area (Å²) >= 11 is 0. The topological polar surface area (TPSA) is 29.4 Å². The highest BCUT2D eigenvalue weighted by Gasteiger charge is 1.74. The Morgan fingerprint density at radius 3 is 2.88 bits per heavy atom. The highest BCUT2D eigenvalue weighted by atomic mass is 16.1. The number of rotatable bonds is 2. The lowest BCUT2D eigenvalue weighted by atomic mass is 10.4. The molecule has 2 heteroatoms. The Balaban J connectivity index is 3.64. The maximum absolute atomic E-state index is 10.1. The Kier molecular flexibility index (Phi) is 3.81. The quantitative estimate of drug-likeness (QED) is 0.383. The smallest absolute Gasteiger partial charge is 0.161 e. The second-order valence-electron chi connectivity index (χ2n) is 1.36. The lowest BCUT2D eigenvalue weighted by Crippen LogP contribution is -1.79. The zero-order valence-corrected chi connectivity index (χ0v) is 5.14. The van der Waals surface area contributed by atoms with Gasteiger partial charge in [0, 0.05) is 12.6 Å². The molecule has 0 N–H and O–H groups in total. The van der Waals surface area contributed by atoms with E-state index in [0.29, 0.717) is 6.54 Å². The van der Waals surface area contributed by atoms with Gasteiger partial charge in [-0.15, -0.1) is 0 Å². The van der Waals surface area contributed by atoms with Crippen molar-refractivity contribution in [3.63, 3.8) is 0 Å². The third-order valence-electron chi connectivity index (χ3n) is 0.517. The van der Waals surface area contributed by atoms with Crippen molar-refractivity contribution in [3.8, 4) is 0 Å². The number of carbonyl (C=O) groups is 1. The molecular formula is C6H9NO. The van der Waals surface area contributed by atoms with Crippen LogP contribution in [0.5, 0.6) is 0 Å². The van der Waals surface area contributed by atoms with Crippen molar-refractivity contribution in [3.05, 3.63) is 6.08 Å². The van der Waals surface area contributed by atoms with Gasteiger partial charge in [0.25, 0.3) is 0 Å². The number of aliphatic imine (C=N–C) groups is 1. The molecular weight excluding hydrogens is 102 g/mol. The molecule has 0 rings (SSSR count). The molecule has 0 aromatic rings. The highest BCUT2D eigenvalue weighted by Crippen LogP contribution is 1.65. The summed E-state index contributed by atoms with van der Waals surface area (Å²) in [4.78, 5) is 13.8. The zero-order chi connectivity index (χ0) is 6.41. The van der Waals surface area contributed by atoms with Crippen LogP contribution in [0.3, 0.4) is 0 Å². The average molecular weight is 111 g/mol. The van der Waals surface area contributed by atoms with Crippen LogP contribution in [0.4, 0.5) is 0 Å². The van der Waals surface area contributed by atoms with Crippen LogP contribution < -0.4 is 0 Å². The predicted molar refractivity (Wildman–Crippen MR) is 33.2 cm³/mol. The van der Waals surface area contributed by atoms with Crippen LogP contribution in [-0.4, -0.2) is 18.2 Å². The van der Waals surface area contributed by atoms with Crippen LogP contribution in [0.1, 0.15) is 13.8 Å². The minimum Gasteiger partial charge on any atom is -0.294 e. The van der Waals surface area contributed by atoms with E-state index >= 15 is 0 Å². The van der Waals surface area contributed by atoms with Gasteiger partial charge >= 0.3 is 0 Å². The molecule has 0 amide bonds. The Hall–Kier alpha value is -0.880. The first-order valence-corrected chi connectivity index (χ1v) is 2.53. The van der Waals surface area contributed by atoms with Crippen LogP contribution in [0, 0.1) is 0 Å². The van der Waals surface area contributed by atoms with Gasteiger partial charge in [-0.1, -0.05) is 0 Å². The molecule has 0 unspecified atom stereocenters. The molecule has 2 nitrogen and oxygen atoms in total. The second-order valence-corrected chi connectivity index (χ2v) is 1.36. The van der Waals surface area contributed by atoms with Crippen LogP contribution in [0.15, 0.2) is 11.1 Å². The van der Waals surface area contributed by atoms with Gasteiger partial charge in [-0.05, 0) is 19.7 Å². The second kappa shape index (κ2) is 4.28. The van der Waals surface area contributed by atoms with Gasteiger partial charge in [-0.25, -0.2) is 4.99 Å². The van der Waals surface area contributed by atoms with Crippen molar-refractivity contribution in [1.82, 2.24) is 0 Å². The summed E-state index contributed by atoms with van der Waals surface area (Å²) in [5.41, 5.74) is 0. The molecule has 0 heterocycles. The average Bonchev–Trinajstić information content (AvgIpc) is 1.66. The summed E-state index contributed by atoms with van der Waals surface area (Å²) in [7, 11) is 0.